The molecule has 1 N–H and O–H groups in total. The van der Waals surface area contributed by atoms with Crippen LogP contribution in [0.3, 0.4) is 0 Å². The van der Waals surface area contributed by atoms with Crippen molar-refractivity contribution in [3.8, 4) is 0 Å². The van der Waals surface area contributed by atoms with Crippen molar-refractivity contribution in [2.75, 3.05) is 12.8 Å². The van der Waals surface area contributed by atoms with Crippen LogP contribution in [0.5, 0.6) is 0 Å². The number of nitrogens with one attached hydrogen (secondary N) is 1. The van der Waals surface area contributed by atoms with Crippen LogP contribution in [-0.2, 0) is 0 Å². The normalized spacial score (nSPS) is 20.6. The first-order chi connectivity index (χ1) is 10.4. The quantitative estimate of drug-likeness (QED) is 0.408. The van der Waals surface area contributed by atoms with Crippen molar-refractivity contribution < 1.29 is 0 Å². The lowest BCUT2D eigenvalue weighted by Gasteiger charge is -2.29. The predicted octanol–water partition coefficient (Wildman–Crippen LogP) is 6.17. The van der Waals surface area contributed by atoms with E-state index in [1.807, 2.05) is 0 Å². The van der Waals surface area contributed by atoms with Crippen molar-refractivity contribution in [1.29, 1.82) is 0 Å². The van der Waals surface area contributed by atoms with Crippen LogP contribution >= 0.6 is 11.8 Å². The van der Waals surface area contributed by atoms with Gasteiger partial charge in [-0.2, -0.15) is 11.8 Å². The van der Waals surface area contributed by atoms with Gasteiger partial charge < -0.3 is 5.32 Å². The lowest BCUT2D eigenvalue weighted by Crippen LogP contribution is -2.37. The molecule has 0 radical (unpaired) electrons. The molecular formula is C19H39NS. The van der Waals surface area contributed by atoms with Crippen molar-refractivity contribution in [3.63, 3.8) is 0 Å². The van der Waals surface area contributed by atoms with Crippen LogP contribution in [-0.4, -0.2) is 24.1 Å². The minimum absolute atomic E-state index is 0.768. The van der Waals surface area contributed by atoms with Crippen LogP contribution in [0.1, 0.15) is 96.8 Å². The zero-order valence-corrected chi connectivity index (χ0v) is 15.5. The van der Waals surface area contributed by atoms with Gasteiger partial charge in [-0.1, -0.05) is 77.6 Å². The van der Waals surface area contributed by atoms with Crippen LogP contribution in [0, 0.1) is 0 Å². The fourth-order valence-electron chi connectivity index (χ4n) is 3.45. The number of hydrogen-bond acceptors (Lipinski definition) is 2. The Hall–Kier alpha value is 0.310. The van der Waals surface area contributed by atoms with E-state index in [0.29, 0.717) is 0 Å². The second-order valence-electron chi connectivity index (χ2n) is 6.77. The van der Waals surface area contributed by atoms with E-state index in [0.717, 1.165) is 11.3 Å². The molecule has 0 saturated carbocycles. The highest BCUT2D eigenvalue weighted by molar-refractivity contribution is 8.00. The van der Waals surface area contributed by atoms with Gasteiger partial charge in [0.2, 0.25) is 0 Å². The first kappa shape index (κ1) is 19.4. The van der Waals surface area contributed by atoms with E-state index in [1.54, 1.807) is 0 Å². The molecule has 21 heavy (non-hydrogen) atoms. The molecule has 1 heterocycles. The van der Waals surface area contributed by atoms with Crippen molar-refractivity contribution in [2.45, 2.75) is 108 Å². The molecule has 1 nitrogen and oxygen atoms in total. The molecule has 126 valence electrons. The van der Waals surface area contributed by atoms with Crippen LogP contribution in [0.25, 0.3) is 0 Å². The van der Waals surface area contributed by atoms with Gasteiger partial charge in [-0.25, -0.2) is 0 Å². The Morgan fingerprint density at radius 1 is 0.905 bits per heavy atom. The molecule has 2 unspecified atom stereocenters. The Morgan fingerprint density at radius 3 is 2.05 bits per heavy atom. The molecule has 1 saturated heterocycles. The van der Waals surface area contributed by atoms with Crippen molar-refractivity contribution in [2.24, 2.45) is 0 Å². The summed E-state index contributed by atoms with van der Waals surface area (Å²) in [4.78, 5) is 0. The maximum atomic E-state index is 3.58. The second-order valence-corrected chi connectivity index (χ2v) is 8.12. The Bertz CT molecular complexity index is 214. The Kier molecular flexibility index (Phi) is 12.8. The minimum Gasteiger partial charge on any atom is -0.316 e. The number of rotatable bonds is 13. The first-order valence-electron chi connectivity index (χ1n) is 9.67. The van der Waals surface area contributed by atoms with Gasteiger partial charge >= 0.3 is 0 Å². The standard InChI is InChI=1S/C19H39NS/c1-3-4-5-6-7-8-9-10-11-12-15-18(20-2)19-16-13-14-17-21-19/h18-20H,3-17H2,1-2H3. The van der Waals surface area contributed by atoms with Gasteiger partial charge in [-0.3, -0.25) is 0 Å². The Morgan fingerprint density at radius 2 is 1.52 bits per heavy atom. The highest BCUT2D eigenvalue weighted by atomic mass is 32.2. The van der Waals surface area contributed by atoms with Crippen LogP contribution < -0.4 is 5.32 Å². The molecule has 0 aromatic rings. The smallest absolute Gasteiger partial charge is 0.0201 e. The first-order valence-corrected chi connectivity index (χ1v) is 10.7. The SMILES string of the molecule is CCCCCCCCCCCCC(NC)C1CCCCS1. The van der Waals surface area contributed by atoms with E-state index in [4.69, 9.17) is 0 Å². The van der Waals surface area contributed by atoms with E-state index in [9.17, 15) is 0 Å². The predicted molar refractivity (Wildman–Crippen MR) is 99.4 cm³/mol. The zero-order valence-electron chi connectivity index (χ0n) is 14.7. The monoisotopic (exact) mass is 313 g/mol. The average Bonchev–Trinajstić information content (AvgIpc) is 2.54. The number of thioether (sulfide) groups is 1. The lowest BCUT2D eigenvalue weighted by molar-refractivity contribution is 0.444. The topological polar surface area (TPSA) is 12.0 Å². The van der Waals surface area contributed by atoms with Crippen LogP contribution in [0.2, 0.25) is 0 Å². The average molecular weight is 314 g/mol. The summed E-state index contributed by atoms with van der Waals surface area (Å²) in [6, 6.07) is 0.768. The number of unbranched alkanes of at least 4 members (excludes halogenated alkanes) is 9. The summed E-state index contributed by atoms with van der Waals surface area (Å²) in [5.41, 5.74) is 0. The van der Waals surface area contributed by atoms with Gasteiger partial charge in [0.1, 0.15) is 0 Å². The molecule has 0 bridgehead atoms. The largest absolute Gasteiger partial charge is 0.316 e. The molecular weight excluding hydrogens is 274 g/mol. The zero-order chi connectivity index (χ0) is 15.2. The summed E-state index contributed by atoms with van der Waals surface area (Å²) in [5, 5.41) is 4.47. The minimum atomic E-state index is 0.768. The van der Waals surface area contributed by atoms with E-state index in [1.165, 1.54) is 95.6 Å². The summed E-state index contributed by atoms with van der Waals surface area (Å²) in [6.45, 7) is 2.30. The fraction of sp³-hybridized carbons (Fsp3) is 1.00. The molecule has 1 aliphatic rings. The van der Waals surface area contributed by atoms with E-state index in [-0.39, 0.29) is 0 Å². The van der Waals surface area contributed by atoms with Gasteiger partial charge in [0.15, 0.2) is 0 Å². The van der Waals surface area contributed by atoms with Gasteiger partial charge in [0.05, 0.1) is 0 Å². The molecule has 1 rings (SSSR count). The van der Waals surface area contributed by atoms with E-state index < -0.39 is 0 Å². The lowest BCUT2D eigenvalue weighted by atomic mass is 10.00. The third-order valence-electron chi connectivity index (χ3n) is 4.90. The van der Waals surface area contributed by atoms with Gasteiger partial charge in [-0.15, -0.1) is 0 Å². The fourth-order valence-corrected chi connectivity index (χ4v) is 4.96. The van der Waals surface area contributed by atoms with E-state index >= 15 is 0 Å². The summed E-state index contributed by atoms with van der Waals surface area (Å²) in [7, 11) is 2.16. The Balaban J connectivity index is 1.90. The maximum Gasteiger partial charge on any atom is 0.0201 e. The van der Waals surface area contributed by atoms with Crippen LogP contribution in [0.4, 0.5) is 0 Å². The summed E-state index contributed by atoms with van der Waals surface area (Å²) >= 11 is 2.21. The summed E-state index contributed by atoms with van der Waals surface area (Å²) in [6.07, 6.45) is 20.2. The van der Waals surface area contributed by atoms with Crippen molar-refractivity contribution in [1.82, 2.24) is 5.32 Å². The highest BCUT2D eigenvalue weighted by Crippen LogP contribution is 2.29. The third kappa shape index (κ3) is 9.84. The maximum absolute atomic E-state index is 3.58. The molecule has 0 aliphatic carbocycles. The highest BCUT2D eigenvalue weighted by Gasteiger charge is 2.22. The van der Waals surface area contributed by atoms with Crippen molar-refractivity contribution in [3.05, 3.63) is 0 Å². The van der Waals surface area contributed by atoms with Crippen LogP contribution in [0.15, 0.2) is 0 Å². The molecule has 0 aromatic carbocycles. The van der Waals surface area contributed by atoms with Crippen molar-refractivity contribution >= 4 is 11.8 Å². The number of hydrogen-bond donors (Lipinski definition) is 1. The molecule has 1 fully saturated rings. The summed E-state index contributed by atoms with van der Waals surface area (Å²) < 4.78 is 0. The molecule has 2 atom stereocenters. The van der Waals surface area contributed by atoms with Gasteiger partial charge in [0, 0.05) is 11.3 Å². The second kappa shape index (κ2) is 13.9. The van der Waals surface area contributed by atoms with E-state index in [2.05, 4.69) is 31.1 Å². The molecule has 1 aliphatic heterocycles. The molecule has 0 amide bonds. The molecule has 2 heteroatoms. The third-order valence-corrected chi connectivity index (χ3v) is 6.42. The summed E-state index contributed by atoms with van der Waals surface area (Å²) in [5.74, 6) is 1.39. The van der Waals surface area contributed by atoms with Gasteiger partial charge in [-0.05, 0) is 32.1 Å². The van der Waals surface area contributed by atoms with Gasteiger partial charge in [0.25, 0.3) is 0 Å². The molecule has 0 spiro atoms. The Labute approximate surface area is 138 Å². The molecule has 0 aromatic heterocycles.